The van der Waals surface area contributed by atoms with Gasteiger partial charge in [0.05, 0.1) is 0 Å². The van der Waals surface area contributed by atoms with E-state index in [1.165, 1.54) is 60.7 Å². The molecule has 242 valence electrons. The Labute approximate surface area is 297 Å². The Kier molecular flexibility index (Phi) is 6.56. The van der Waals surface area contributed by atoms with Crippen LogP contribution < -0.4 is 4.90 Å². The second-order valence-corrected chi connectivity index (χ2v) is 14.1. The van der Waals surface area contributed by atoms with E-state index in [1.54, 1.807) is 0 Å². The molecule has 1 aromatic heterocycles. The van der Waals surface area contributed by atoms with Gasteiger partial charge in [0.25, 0.3) is 0 Å². The quantitative estimate of drug-likeness (QED) is 0.184. The molecule has 10 rings (SSSR count). The number of anilines is 3. The minimum Gasteiger partial charge on any atom is -0.456 e. The summed E-state index contributed by atoms with van der Waals surface area (Å²) in [4.78, 5) is 2.40. The van der Waals surface area contributed by atoms with Gasteiger partial charge in [0.2, 0.25) is 0 Å². The molecule has 0 saturated heterocycles. The van der Waals surface area contributed by atoms with E-state index in [0.29, 0.717) is 0 Å². The van der Waals surface area contributed by atoms with E-state index in [9.17, 15) is 0 Å². The molecule has 0 atom stereocenters. The molecule has 0 N–H and O–H groups in total. The fourth-order valence-corrected chi connectivity index (χ4v) is 8.36. The Morgan fingerprint density at radius 3 is 1.98 bits per heavy atom. The van der Waals surface area contributed by atoms with Crippen molar-refractivity contribution in [1.82, 2.24) is 0 Å². The highest BCUT2D eigenvalue weighted by Crippen LogP contribution is 2.51. The fourth-order valence-electron chi connectivity index (χ4n) is 8.36. The lowest BCUT2D eigenvalue weighted by Crippen LogP contribution is -2.16. The molecule has 0 bridgehead atoms. The lowest BCUT2D eigenvalue weighted by atomic mass is 9.82. The zero-order chi connectivity index (χ0) is 34.1. The summed E-state index contributed by atoms with van der Waals surface area (Å²) in [6.45, 7) is 4.70. The Balaban J connectivity index is 1.14. The summed E-state index contributed by atoms with van der Waals surface area (Å²) in [6, 6.07) is 63.7. The van der Waals surface area contributed by atoms with E-state index in [2.05, 4.69) is 189 Å². The average Bonchev–Trinajstić information content (AvgIpc) is 3.68. The third-order valence-electron chi connectivity index (χ3n) is 10.9. The van der Waals surface area contributed by atoms with Gasteiger partial charge in [0.15, 0.2) is 0 Å². The van der Waals surface area contributed by atoms with Crippen LogP contribution in [-0.2, 0) is 5.41 Å². The van der Waals surface area contributed by atoms with E-state index >= 15 is 0 Å². The lowest BCUT2D eigenvalue weighted by Gasteiger charge is -2.28. The highest BCUT2D eigenvalue weighted by atomic mass is 16.3. The molecule has 0 radical (unpaired) electrons. The second kappa shape index (κ2) is 11.3. The van der Waals surface area contributed by atoms with Crippen molar-refractivity contribution in [1.29, 1.82) is 0 Å². The first-order chi connectivity index (χ1) is 25.0. The summed E-state index contributed by atoms with van der Waals surface area (Å²) < 4.78 is 6.30. The van der Waals surface area contributed by atoms with Gasteiger partial charge in [0.1, 0.15) is 11.2 Å². The monoisotopic (exact) mass is 653 g/mol. The second-order valence-electron chi connectivity index (χ2n) is 14.1. The van der Waals surface area contributed by atoms with Gasteiger partial charge in [-0.15, -0.1) is 0 Å². The number of benzene rings is 8. The minimum absolute atomic E-state index is 0.0969. The molecule has 1 aliphatic rings. The van der Waals surface area contributed by atoms with E-state index in [0.717, 1.165) is 33.6 Å². The molecule has 2 nitrogen and oxygen atoms in total. The number of hydrogen-bond acceptors (Lipinski definition) is 2. The highest BCUT2D eigenvalue weighted by Gasteiger charge is 2.35. The van der Waals surface area contributed by atoms with Crippen LogP contribution >= 0.6 is 0 Å². The lowest BCUT2D eigenvalue weighted by molar-refractivity contribution is 0.660. The number of para-hydroxylation sites is 1. The zero-order valence-corrected chi connectivity index (χ0v) is 28.6. The zero-order valence-electron chi connectivity index (χ0n) is 28.6. The molecule has 0 aliphatic heterocycles. The van der Waals surface area contributed by atoms with Crippen LogP contribution in [0.4, 0.5) is 17.1 Å². The summed E-state index contributed by atoms with van der Waals surface area (Å²) in [5.74, 6) is 0. The Morgan fingerprint density at radius 1 is 0.412 bits per heavy atom. The van der Waals surface area contributed by atoms with Gasteiger partial charge in [-0.1, -0.05) is 141 Å². The third-order valence-corrected chi connectivity index (χ3v) is 10.9. The van der Waals surface area contributed by atoms with Crippen molar-refractivity contribution < 1.29 is 4.42 Å². The molecule has 0 unspecified atom stereocenters. The summed E-state index contributed by atoms with van der Waals surface area (Å²) in [5, 5.41) is 4.74. The first-order valence-electron chi connectivity index (χ1n) is 17.7. The van der Waals surface area contributed by atoms with Gasteiger partial charge in [-0.05, 0) is 98.4 Å². The summed E-state index contributed by atoms with van der Waals surface area (Å²) in [5.41, 5.74) is 15.3. The van der Waals surface area contributed by atoms with Crippen LogP contribution in [0, 0.1) is 0 Å². The number of furan rings is 1. The van der Waals surface area contributed by atoms with Crippen molar-refractivity contribution in [3.05, 3.63) is 187 Å². The first kappa shape index (κ1) is 29.5. The topological polar surface area (TPSA) is 16.4 Å². The van der Waals surface area contributed by atoms with E-state index < -0.39 is 0 Å². The van der Waals surface area contributed by atoms with Crippen LogP contribution in [0.3, 0.4) is 0 Å². The van der Waals surface area contributed by atoms with Crippen LogP contribution in [0.2, 0.25) is 0 Å². The molecule has 0 amide bonds. The SMILES string of the molecule is CC1(C)c2ccccc2-c2ccc(N(c3ccc(-c4cccc5ccc6oc7ccccc7c6c45)cc3)c3cccc(-c4ccccc4)c3)cc21. The average molecular weight is 654 g/mol. The van der Waals surface area contributed by atoms with Crippen LogP contribution in [-0.4, -0.2) is 0 Å². The predicted octanol–water partition coefficient (Wildman–Crippen LogP) is 13.8. The van der Waals surface area contributed by atoms with Gasteiger partial charge in [0, 0.05) is 38.6 Å². The fraction of sp³-hybridized carbons (Fsp3) is 0.0612. The minimum atomic E-state index is -0.0969. The molecule has 2 heteroatoms. The van der Waals surface area contributed by atoms with Crippen molar-refractivity contribution in [2.24, 2.45) is 0 Å². The van der Waals surface area contributed by atoms with E-state index in [4.69, 9.17) is 4.42 Å². The molecule has 0 fully saturated rings. The van der Waals surface area contributed by atoms with Crippen LogP contribution in [0.5, 0.6) is 0 Å². The summed E-state index contributed by atoms with van der Waals surface area (Å²) in [6.07, 6.45) is 0. The highest BCUT2D eigenvalue weighted by molar-refractivity contribution is 6.22. The summed E-state index contributed by atoms with van der Waals surface area (Å²) >= 11 is 0. The van der Waals surface area contributed by atoms with Crippen LogP contribution in [0.1, 0.15) is 25.0 Å². The maximum atomic E-state index is 6.30. The maximum absolute atomic E-state index is 6.30. The number of hydrogen-bond donors (Lipinski definition) is 0. The van der Waals surface area contributed by atoms with Crippen molar-refractivity contribution in [2.75, 3.05) is 4.90 Å². The molecule has 0 spiro atoms. The van der Waals surface area contributed by atoms with Crippen molar-refractivity contribution in [2.45, 2.75) is 19.3 Å². The van der Waals surface area contributed by atoms with Gasteiger partial charge < -0.3 is 9.32 Å². The van der Waals surface area contributed by atoms with Gasteiger partial charge in [-0.25, -0.2) is 0 Å². The Hall–Kier alpha value is -6.38. The molecule has 0 saturated carbocycles. The van der Waals surface area contributed by atoms with E-state index in [1.807, 2.05) is 6.07 Å². The van der Waals surface area contributed by atoms with Crippen molar-refractivity contribution in [3.63, 3.8) is 0 Å². The normalized spacial score (nSPS) is 13.1. The third kappa shape index (κ3) is 4.64. The number of rotatable bonds is 5. The number of nitrogens with zero attached hydrogens (tertiary/aromatic N) is 1. The first-order valence-corrected chi connectivity index (χ1v) is 17.7. The Bertz CT molecular complexity index is 2770. The van der Waals surface area contributed by atoms with Crippen molar-refractivity contribution in [3.8, 4) is 33.4 Å². The van der Waals surface area contributed by atoms with E-state index in [-0.39, 0.29) is 5.41 Å². The molecule has 1 aliphatic carbocycles. The van der Waals surface area contributed by atoms with Crippen LogP contribution in [0.15, 0.2) is 180 Å². The molecule has 51 heavy (non-hydrogen) atoms. The largest absolute Gasteiger partial charge is 0.456 e. The molecule has 9 aromatic rings. The van der Waals surface area contributed by atoms with Gasteiger partial charge in [-0.2, -0.15) is 0 Å². The van der Waals surface area contributed by atoms with Crippen LogP contribution in [0.25, 0.3) is 66.1 Å². The Morgan fingerprint density at radius 2 is 1.10 bits per heavy atom. The van der Waals surface area contributed by atoms with Gasteiger partial charge in [-0.3, -0.25) is 0 Å². The molecular formula is C49H35NO. The number of fused-ring (bicyclic) bond motifs is 8. The molecule has 8 aromatic carbocycles. The summed E-state index contributed by atoms with van der Waals surface area (Å²) in [7, 11) is 0. The smallest absolute Gasteiger partial charge is 0.136 e. The standard InChI is InChI=1S/C49H35NO/c1-49(2)43-20-8-6-17-40(43)41-28-27-38(31-44(41)49)50(37-16-10-15-35(30-37)32-12-4-3-5-13-32)36-25-22-33(23-26-36)39-19-11-14-34-24-29-46-48(47(34)39)42-18-7-9-21-45(42)51-46/h3-31H,1-2H3. The van der Waals surface area contributed by atoms with Gasteiger partial charge >= 0.3 is 0 Å². The maximum Gasteiger partial charge on any atom is 0.136 e. The van der Waals surface area contributed by atoms with Crippen molar-refractivity contribution >= 4 is 49.8 Å². The predicted molar refractivity (Wildman–Crippen MR) is 214 cm³/mol. The molecule has 1 heterocycles. The molecular weight excluding hydrogens is 619 g/mol.